The van der Waals surface area contributed by atoms with Gasteiger partial charge < -0.3 is 0 Å². The van der Waals surface area contributed by atoms with Crippen molar-refractivity contribution in [2.75, 3.05) is 0 Å². The SMILES string of the molecule is BrCc1c(Br)ccc2c(I)csc12. The molecule has 1 aromatic carbocycles. The Balaban J connectivity index is 2.85. The number of halogens is 3. The van der Waals surface area contributed by atoms with Gasteiger partial charge in [0, 0.05) is 28.8 Å². The van der Waals surface area contributed by atoms with E-state index in [0.29, 0.717) is 0 Å². The second-order valence-corrected chi connectivity index (χ2v) is 6.08. The first-order valence-electron chi connectivity index (χ1n) is 3.64. The highest BCUT2D eigenvalue weighted by Gasteiger charge is 2.08. The molecule has 68 valence electrons. The summed E-state index contributed by atoms with van der Waals surface area (Å²) in [6.45, 7) is 0. The maximum atomic E-state index is 3.56. The summed E-state index contributed by atoms with van der Waals surface area (Å²) in [5.74, 6) is 0. The standard InChI is InChI=1S/C9H5Br2IS/c10-3-6-7(11)2-1-5-8(12)4-13-9(5)6/h1-2,4H,3H2. The van der Waals surface area contributed by atoms with Gasteiger partial charge in [-0.05, 0) is 34.2 Å². The van der Waals surface area contributed by atoms with Crippen LogP contribution in [0.3, 0.4) is 0 Å². The number of hydrogen-bond acceptors (Lipinski definition) is 1. The number of alkyl halides is 1. The molecule has 1 heterocycles. The van der Waals surface area contributed by atoms with E-state index in [1.807, 2.05) is 11.3 Å². The predicted octanol–water partition coefficient (Wildman–Crippen LogP) is 5.16. The Hall–Kier alpha value is 0.870. The largest absolute Gasteiger partial charge is 0.142 e. The van der Waals surface area contributed by atoms with Crippen molar-refractivity contribution in [2.24, 2.45) is 0 Å². The van der Waals surface area contributed by atoms with Crippen molar-refractivity contribution >= 4 is 75.9 Å². The molecule has 0 amide bonds. The molecule has 13 heavy (non-hydrogen) atoms. The van der Waals surface area contributed by atoms with Crippen LogP contribution in [0.4, 0.5) is 0 Å². The molecule has 0 atom stereocenters. The van der Waals surface area contributed by atoms with Crippen LogP contribution >= 0.6 is 65.8 Å². The zero-order valence-corrected chi connectivity index (χ0v) is 12.6. The summed E-state index contributed by atoms with van der Waals surface area (Å²) in [4.78, 5) is 0. The first-order valence-corrected chi connectivity index (χ1v) is 7.51. The van der Waals surface area contributed by atoms with Gasteiger partial charge >= 0.3 is 0 Å². The van der Waals surface area contributed by atoms with Crippen molar-refractivity contribution in [2.45, 2.75) is 5.33 Å². The molecular formula is C9H5Br2IS. The van der Waals surface area contributed by atoms with Crippen molar-refractivity contribution < 1.29 is 0 Å². The monoisotopic (exact) mass is 430 g/mol. The molecule has 0 radical (unpaired) electrons. The lowest BCUT2D eigenvalue weighted by atomic mass is 10.2. The summed E-state index contributed by atoms with van der Waals surface area (Å²) in [5, 5.41) is 4.47. The maximum absolute atomic E-state index is 3.56. The topological polar surface area (TPSA) is 0 Å². The van der Waals surface area contributed by atoms with Crippen LogP contribution in [0.2, 0.25) is 0 Å². The fraction of sp³-hybridized carbons (Fsp3) is 0.111. The molecule has 0 saturated heterocycles. The van der Waals surface area contributed by atoms with Crippen molar-refractivity contribution in [3.05, 3.63) is 31.1 Å². The van der Waals surface area contributed by atoms with Gasteiger partial charge in [-0.25, -0.2) is 0 Å². The average molecular weight is 432 g/mol. The highest BCUT2D eigenvalue weighted by molar-refractivity contribution is 14.1. The second-order valence-electron chi connectivity index (χ2n) is 2.62. The lowest BCUT2D eigenvalue weighted by molar-refractivity contribution is 1.47. The maximum Gasteiger partial charge on any atom is 0.0405 e. The Morgan fingerprint density at radius 3 is 2.85 bits per heavy atom. The van der Waals surface area contributed by atoms with Crippen LogP contribution in [0.1, 0.15) is 5.56 Å². The number of benzene rings is 1. The fourth-order valence-corrected chi connectivity index (χ4v) is 4.96. The summed E-state index contributed by atoms with van der Waals surface area (Å²) >= 11 is 11.3. The molecule has 0 unspecified atom stereocenters. The van der Waals surface area contributed by atoms with Crippen LogP contribution in [-0.2, 0) is 5.33 Å². The van der Waals surface area contributed by atoms with Crippen LogP contribution < -0.4 is 0 Å². The first kappa shape index (κ1) is 10.4. The molecule has 0 aliphatic heterocycles. The Morgan fingerprint density at radius 1 is 1.38 bits per heavy atom. The number of thiophene rings is 1. The van der Waals surface area contributed by atoms with Gasteiger partial charge in [0.25, 0.3) is 0 Å². The van der Waals surface area contributed by atoms with E-state index in [4.69, 9.17) is 0 Å². The lowest BCUT2D eigenvalue weighted by Crippen LogP contribution is -1.80. The Morgan fingerprint density at radius 2 is 2.15 bits per heavy atom. The molecule has 4 heteroatoms. The highest BCUT2D eigenvalue weighted by Crippen LogP contribution is 2.35. The van der Waals surface area contributed by atoms with Gasteiger partial charge in [-0.15, -0.1) is 11.3 Å². The normalized spacial score (nSPS) is 11.0. The summed E-state index contributed by atoms with van der Waals surface area (Å²) in [5.41, 5.74) is 1.35. The van der Waals surface area contributed by atoms with Crippen LogP contribution in [0.15, 0.2) is 22.0 Å². The summed E-state index contributed by atoms with van der Waals surface area (Å²) in [6, 6.07) is 4.29. The minimum absolute atomic E-state index is 0.904. The van der Waals surface area contributed by atoms with Crippen molar-refractivity contribution in [3.63, 3.8) is 0 Å². The van der Waals surface area contributed by atoms with E-state index in [1.54, 1.807) is 0 Å². The third kappa shape index (κ3) is 1.82. The third-order valence-corrected chi connectivity index (χ3v) is 5.55. The molecule has 0 fully saturated rings. The molecule has 0 nitrogen and oxygen atoms in total. The van der Waals surface area contributed by atoms with E-state index >= 15 is 0 Å². The van der Waals surface area contributed by atoms with Gasteiger partial charge in [0.15, 0.2) is 0 Å². The number of hydrogen-bond donors (Lipinski definition) is 0. The molecule has 0 aliphatic carbocycles. The quantitative estimate of drug-likeness (QED) is 0.432. The minimum atomic E-state index is 0.904. The van der Waals surface area contributed by atoms with E-state index in [1.165, 1.54) is 23.7 Å². The van der Waals surface area contributed by atoms with Gasteiger partial charge in [-0.3, -0.25) is 0 Å². The van der Waals surface area contributed by atoms with Gasteiger partial charge in [0.05, 0.1) is 0 Å². The smallest absolute Gasteiger partial charge is 0.0405 e. The molecule has 0 bridgehead atoms. The van der Waals surface area contributed by atoms with Gasteiger partial charge in [-0.1, -0.05) is 37.9 Å². The van der Waals surface area contributed by atoms with Gasteiger partial charge in [-0.2, -0.15) is 0 Å². The molecule has 0 saturated carbocycles. The van der Waals surface area contributed by atoms with E-state index in [9.17, 15) is 0 Å². The molecule has 0 N–H and O–H groups in total. The van der Waals surface area contributed by atoms with Crippen molar-refractivity contribution in [1.29, 1.82) is 0 Å². The van der Waals surface area contributed by atoms with E-state index in [-0.39, 0.29) is 0 Å². The Kier molecular flexibility index (Phi) is 3.33. The van der Waals surface area contributed by atoms with Crippen LogP contribution in [0, 0.1) is 3.57 Å². The molecule has 0 aliphatic rings. The van der Waals surface area contributed by atoms with Gasteiger partial charge in [0.2, 0.25) is 0 Å². The van der Waals surface area contributed by atoms with Crippen LogP contribution in [0.5, 0.6) is 0 Å². The number of rotatable bonds is 1. The van der Waals surface area contributed by atoms with Crippen LogP contribution in [0.25, 0.3) is 10.1 Å². The molecular weight excluding hydrogens is 427 g/mol. The van der Waals surface area contributed by atoms with E-state index in [0.717, 1.165) is 5.33 Å². The second kappa shape index (κ2) is 4.16. The zero-order valence-electron chi connectivity index (χ0n) is 6.48. The van der Waals surface area contributed by atoms with Crippen LogP contribution in [-0.4, -0.2) is 0 Å². The van der Waals surface area contributed by atoms with Gasteiger partial charge in [0.1, 0.15) is 0 Å². The minimum Gasteiger partial charge on any atom is -0.142 e. The van der Waals surface area contributed by atoms with E-state index in [2.05, 4.69) is 72.0 Å². The molecule has 1 aromatic heterocycles. The van der Waals surface area contributed by atoms with E-state index < -0.39 is 0 Å². The first-order chi connectivity index (χ1) is 6.24. The predicted molar refractivity (Wildman–Crippen MR) is 74.9 cm³/mol. The highest BCUT2D eigenvalue weighted by atomic mass is 127. The lowest BCUT2D eigenvalue weighted by Gasteiger charge is -2.01. The summed E-state index contributed by atoms with van der Waals surface area (Å²) in [7, 11) is 0. The third-order valence-electron chi connectivity index (χ3n) is 1.87. The zero-order chi connectivity index (χ0) is 9.42. The Labute approximate surface area is 111 Å². The molecule has 2 rings (SSSR count). The Bertz CT molecular complexity index is 450. The summed E-state index contributed by atoms with van der Waals surface area (Å²) in [6.07, 6.45) is 0. The summed E-state index contributed by atoms with van der Waals surface area (Å²) < 4.78 is 3.91. The van der Waals surface area contributed by atoms with Crippen molar-refractivity contribution in [3.8, 4) is 0 Å². The fourth-order valence-electron chi connectivity index (χ4n) is 1.23. The molecule has 0 spiro atoms. The van der Waals surface area contributed by atoms with Crippen molar-refractivity contribution in [1.82, 2.24) is 0 Å². The molecule has 2 aromatic rings. The average Bonchev–Trinajstić information content (AvgIpc) is 2.48. The number of fused-ring (bicyclic) bond motifs is 1.